The van der Waals surface area contributed by atoms with Crippen molar-refractivity contribution in [2.24, 2.45) is 0 Å². The van der Waals surface area contributed by atoms with Crippen molar-refractivity contribution < 1.29 is 19.1 Å². The Morgan fingerprint density at radius 2 is 1.57 bits per heavy atom. The second-order valence-electron chi connectivity index (χ2n) is 9.31. The number of rotatable bonds is 11. The smallest absolute Gasteiger partial charge is 0.261 e. The first-order valence-corrected chi connectivity index (χ1v) is 13.0. The second kappa shape index (κ2) is 13.2. The van der Waals surface area contributed by atoms with Gasteiger partial charge in [0.25, 0.3) is 5.91 Å². The fourth-order valence-corrected chi connectivity index (χ4v) is 4.73. The number of carbonyl (C=O) groups is 2. The highest BCUT2D eigenvalue weighted by Crippen LogP contribution is 2.21. The van der Waals surface area contributed by atoms with E-state index in [0.717, 1.165) is 36.8 Å². The zero-order valence-corrected chi connectivity index (χ0v) is 21.8. The summed E-state index contributed by atoms with van der Waals surface area (Å²) in [6.45, 7) is 0.0689. The molecular weight excluding hydrogens is 488 g/mol. The number of nitrogens with one attached hydrogen (secondary N) is 1. The number of benzene rings is 3. The van der Waals surface area contributed by atoms with Gasteiger partial charge in [0.05, 0.1) is 7.11 Å². The molecular formula is C30H33ClN2O4. The third kappa shape index (κ3) is 7.73. The summed E-state index contributed by atoms with van der Waals surface area (Å²) in [6.07, 6.45) is 4.56. The molecule has 0 aliphatic heterocycles. The van der Waals surface area contributed by atoms with E-state index in [1.807, 2.05) is 42.5 Å². The van der Waals surface area contributed by atoms with E-state index in [1.165, 1.54) is 0 Å². The molecule has 37 heavy (non-hydrogen) atoms. The molecule has 0 saturated heterocycles. The maximum atomic E-state index is 13.7. The lowest BCUT2D eigenvalue weighted by Crippen LogP contribution is -2.53. The van der Waals surface area contributed by atoms with Gasteiger partial charge in [-0.1, -0.05) is 66.9 Å². The molecule has 0 radical (unpaired) electrons. The van der Waals surface area contributed by atoms with E-state index in [4.69, 9.17) is 21.1 Å². The van der Waals surface area contributed by atoms with Crippen LogP contribution in [0.25, 0.3) is 0 Å². The van der Waals surface area contributed by atoms with E-state index in [1.54, 1.807) is 48.4 Å². The van der Waals surface area contributed by atoms with E-state index >= 15 is 0 Å². The topological polar surface area (TPSA) is 67.9 Å². The van der Waals surface area contributed by atoms with Gasteiger partial charge in [0.2, 0.25) is 5.91 Å². The molecule has 1 saturated carbocycles. The fraction of sp³-hybridized carbons (Fsp3) is 0.333. The van der Waals surface area contributed by atoms with Gasteiger partial charge in [0, 0.05) is 24.0 Å². The van der Waals surface area contributed by atoms with Crippen molar-refractivity contribution in [3.63, 3.8) is 0 Å². The minimum atomic E-state index is -0.689. The van der Waals surface area contributed by atoms with Crippen molar-refractivity contribution in [1.29, 1.82) is 0 Å². The first kappa shape index (κ1) is 26.6. The minimum absolute atomic E-state index is 0.137. The summed E-state index contributed by atoms with van der Waals surface area (Å²) in [5.74, 6) is 0.848. The highest BCUT2D eigenvalue weighted by molar-refractivity contribution is 6.30. The Morgan fingerprint density at radius 3 is 2.22 bits per heavy atom. The molecule has 194 valence electrons. The number of halogens is 1. The third-order valence-corrected chi connectivity index (χ3v) is 6.91. The number of carbonyl (C=O) groups excluding carboxylic acids is 2. The van der Waals surface area contributed by atoms with Crippen LogP contribution < -0.4 is 14.8 Å². The van der Waals surface area contributed by atoms with Crippen LogP contribution in [0.5, 0.6) is 11.5 Å². The molecule has 0 bridgehead atoms. The number of hydrogen-bond donors (Lipinski definition) is 1. The van der Waals surface area contributed by atoms with Gasteiger partial charge in [-0.25, -0.2) is 0 Å². The monoisotopic (exact) mass is 520 g/mol. The zero-order valence-electron chi connectivity index (χ0n) is 21.1. The number of nitrogens with zero attached hydrogens (tertiary/aromatic N) is 1. The molecule has 4 rings (SSSR count). The van der Waals surface area contributed by atoms with Gasteiger partial charge < -0.3 is 19.7 Å². The predicted octanol–water partition coefficient (Wildman–Crippen LogP) is 5.43. The maximum Gasteiger partial charge on any atom is 0.261 e. The summed E-state index contributed by atoms with van der Waals surface area (Å²) in [6, 6.07) is 23.6. The Hall–Kier alpha value is -3.51. The highest BCUT2D eigenvalue weighted by atomic mass is 35.5. The Labute approximate surface area is 223 Å². The third-order valence-electron chi connectivity index (χ3n) is 6.66. The Morgan fingerprint density at radius 1 is 0.919 bits per heavy atom. The normalized spacial score (nSPS) is 14.1. The number of amides is 2. The van der Waals surface area contributed by atoms with Gasteiger partial charge in [-0.05, 0) is 60.4 Å². The molecule has 0 spiro atoms. The van der Waals surface area contributed by atoms with E-state index in [-0.39, 0.29) is 31.0 Å². The van der Waals surface area contributed by atoms with Gasteiger partial charge in [-0.3, -0.25) is 9.59 Å². The summed E-state index contributed by atoms with van der Waals surface area (Å²) < 4.78 is 11.0. The van der Waals surface area contributed by atoms with Gasteiger partial charge in [-0.2, -0.15) is 0 Å². The minimum Gasteiger partial charge on any atom is -0.497 e. The average molecular weight is 521 g/mol. The molecule has 1 aliphatic carbocycles. The molecule has 1 fully saturated rings. The van der Waals surface area contributed by atoms with Gasteiger partial charge in [-0.15, -0.1) is 0 Å². The molecule has 3 aromatic carbocycles. The lowest BCUT2D eigenvalue weighted by molar-refractivity contribution is -0.143. The molecule has 1 unspecified atom stereocenters. The van der Waals surface area contributed by atoms with Crippen LogP contribution >= 0.6 is 11.6 Å². The molecule has 1 aliphatic rings. The molecule has 6 nitrogen and oxygen atoms in total. The quantitative estimate of drug-likeness (QED) is 0.366. The van der Waals surface area contributed by atoms with Crippen molar-refractivity contribution in [2.45, 2.75) is 50.7 Å². The van der Waals surface area contributed by atoms with E-state index < -0.39 is 6.04 Å². The SMILES string of the molecule is COc1ccc(OCC(=O)N(Cc2ccc(Cl)cc2)C(Cc2ccccc2)C(=O)NC2CCCC2)cc1. The summed E-state index contributed by atoms with van der Waals surface area (Å²) >= 11 is 6.09. The molecule has 3 aromatic rings. The van der Waals surface area contributed by atoms with Crippen LogP contribution in [0.4, 0.5) is 0 Å². The van der Waals surface area contributed by atoms with Crippen molar-refractivity contribution in [1.82, 2.24) is 10.2 Å². The highest BCUT2D eigenvalue weighted by Gasteiger charge is 2.32. The number of ether oxygens (including phenoxy) is 2. The van der Waals surface area contributed by atoms with Crippen LogP contribution in [0.1, 0.15) is 36.8 Å². The molecule has 2 amide bonds. The zero-order chi connectivity index (χ0) is 26.0. The van der Waals surface area contributed by atoms with Crippen molar-refractivity contribution in [2.75, 3.05) is 13.7 Å². The van der Waals surface area contributed by atoms with Crippen molar-refractivity contribution in [3.8, 4) is 11.5 Å². The Balaban J connectivity index is 1.58. The van der Waals surface area contributed by atoms with Crippen LogP contribution in [-0.4, -0.2) is 42.5 Å². The van der Waals surface area contributed by atoms with E-state index in [9.17, 15) is 9.59 Å². The molecule has 0 aromatic heterocycles. The predicted molar refractivity (Wildman–Crippen MR) is 145 cm³/mol. The molecule has 1 atom stereocenters. The summed E-state index contributed by atoms with van der Waals surface area (Å²) in [5.41, 5.74) is 1.87. The second-order valence-corrected chi connectivity index (χ2v) is 9.74. The van der Waals surface area contributed by atoms with Crippen LogP contribution in [0.15, 0.2) is 78.9 Å². The Kier molecular flexibility index (Phi) is 9.44. The maximum absolute atomic E-state index is 13.7. The lowest BCUT2D eigenvalue weighted by atomic mass is 10.0. The molecule has 1 N–H and O–H groups in total. The largest absolute Gasteiger partial charge is 0.497 e. The van der Waals surface area contributed by atoms with E-state index in [2.05, 4.69) is 5.32 Å². The average Bonchev–Trinajstić information content (AvgIpc) is 3.44. The van der Waals surface area contributed by atoms with Crippen LogP contribution in [0.3, 0.4) is 0 Å². The van der Waals surface area contributed by atoms with Gasteiger partial charge in [0.1, 0.15) is 17.5 Å². The van der Waals surface area contributed by atoms with Gasteiger partial charge >= 0.3 is 0 Å². The number of hydrogen-bond acceptors (Lipinski definition) is 4. The summed E-state index contributed by atoms with van der Waals surface area (Å²) in [5, 5.41) is 3.82. The first-order chi connectivity index (χ1) is 18.0. The van der Waals surface area contributed by atoms with Crippen LogP contribution in [-0.2, 0) is 22.6 Å². The number of methoxy groups -OCH3 is 1. The van der Waals surface area contributed by atoms with Gasteiger partial charge in [0.15, 0.2) is 6.61 Å². The summed E-state index contributed by atoms with van der Waals surface area (Å²) in [4.78, 5) is 28.9. The standard InChI is InChI=1S/C30H33ClN2O4/c1-36-26-15-17-27(18-16-26)37-21-29(34)33(20-23-11-13-24(31)14-12-23)28(19-22-7-3-2-4-8-22)30(35)32-25-9-5-6-10-25/h2-4,7-8,11-18,25,28H,5-6,9-10,19-21H2,1H3,(H,32,35). The van der Waals surface area contributed by atoms with E-state index in [0.29, 0.717) is 22.9 Å². The molecule has 7 heteroatoms. The fourth-order valence-electron chi connectivity index (χ4n) is 4.61. The first-order valence-electron chi connectivity index (χ1n) is 12.7. The summed E-state index contributed by atoms with van der Waals surface area (Å²) in [7, 11) is 1.59. The molecule has 0 heterocycles. The Bertz CT molecular complexity index is 1150. The van der Waals surface area contributed by atoms with Crippen molar-refractivity contribution >= 4 is 23.4 Å². The lowest BCUT2D eigenvalue weighted by Gasteiger charge is -2.32. The van der Waals surface area contributed by atoms with Crippen LogP contribution in [0, 0.1) is 0 Å². The van der Waals surface area contributed by atoms with Crippen molar-refractivity contribution in [3.05, 3.63) is 95.0 Å². The van der Waals surface area contributed by atoms with Crippen LogP contribution in [0.2, 0.25) is 5.02 Å².